The van der Waals surface area contributed by atoms with Crippen LogP contribution in [0.15, 0.2) is 31.9 Å². The highest BCUT2D eigenvalue weighted by molar-refractivity contribution is 9.11. The second-order valence-electron chi connectivity index (χ2n) is 3.02. The lowest BCUT2D eigenvalue weighted by molar-refractivity contribution is 0.576. The molecule has 2 aromatic heterocycles. The minimum atomic E-state index is 0.552. The Hall–Kier alpha value is -0.880. The molecule has 0 atom stereocenters. The monoisotopic (exact) mass is 345 g/mol. The lowest BCUT2D eigenvalue weighted by Gasteiger charge is -2.05. The minimum absolute atomic E-state index is 0.552. The molecule has 0 aromatic carbocycles. The molecular formula is C10H9Br2N3O. The fourth-order valence-corrected chi connectivity index (χ4v) is 1.93. The Balaban J connectivity index is 2.43. The Bertz CT molecular complexity index is 499. The molecular weight excluding hydrogens is 338 g/mol. The van der Waals surface area contributed by atoms with Gasteiger partial charge < -0.3 is 9.73 Å². The number of hydrogen-bond donors (Lipinski definition) is 1. The van der Waals surface area contributed by atoms with Gasteiger partial charge in [0.2, 0.25) is 0 Å². The van der Waals surface area contributed by atoms with Crippen LogP contribution in [0.25, 0.3) is 11.6 Å². The summed E-state index contributed by atoms with van der Waals surface area (Å²) in [6.45, 7) is 2.81. The van der Waals surface area contributed by atoms with Crippen LogP contribution < -0.4 is 5.32 Å². The van der Waals surface area contributed by atoms with Crippen LogP contribution in [0, 0.1) is 0 Å². The lowest BCUT2D eigenvalue weighted by atomic mass is 10.4. The van der Waals surface area contributed by atoms with Crippen molar-refractivity contribution >= 4 is 37.7 Å². The van der Waals surface area contributed by atoms with Gasteiger partial charge in [-0.25, -0.2) is 9.97 Å². The van der Waals surface area contributed by atoms with Crippen molar-refractivity contribution < 1.29 is 4.42 Å². The summed E-state index contributed by atoms with van der Waals surface area (Å²) in [5.41, 5.74) is 0. The van der Waals surface area contributed by atoms with E-state index in [1.54, 1.807) is 12.5 Å². The van der Waals surface area contributed by atoms with E-state index in [2.05, 4.69) is 47.1 Å². The van der Waals surface area contributed by atoms with Gasteiger partial charge in [0, 0.05) is 12.7 Å². The molecule has 0 spiro atoms. The van der Waals surface area contributed by atoms with Crippen LogP contribution in [0.3, 0.4) is 0 Å². The number of hydrogen-bond acceptors (Lipinski definition) is 4. The van der Waals surface area contributed by atoms with Gasteiger partial charge >= 0.3 is 0 Å². The molecule has 0 bridgehead atoms. The number of aromatic nitrogens is 2. The molecule has 0 aliphatic heterocycles. The van der Waals surface area contributed by atoms with E-state index in [0.717, 1.165) is 21.3 Å². The topological polar surface area (TPSA) is 51.0 Å². The Morgan fingerprint density at radius 3 is 2.81 bits per heavy atom. The van der Waals surface area contributed by atoms with E-state index in [9.17, 15) is 0 Å². The smallest absolute Gasteiger partial charge is 0.198 e. The highest BCUT2D eigenvalue weighted by Gasteiger charge is 2.12. The molecule has 0 aliphatic carbocycles. The van der Waals surface area contributed by atoms with Crippen molar-refractivity contribution in [2.24, 2.45) is 0 Å². The van der Waals surface area contributed by atoms with Crippen molar-refractivity contribution in [1.82, 2.24) is 9.97 Å². The Labute approximate surface area is 110 Å². The number of anilines is 1. The van der Waals surface area contributed by atoms with Gasteiger partial charge in [0.25, 0.3) is 0 Å². The first-order valence-corrected chi connectivity index (χ1v) is 6.30. The van der Waals surface area contributed by atoms with Gasteiger partial charge in [-0.05, 0) is 44.8 Å². The number of nitrogens with one attached hydrogen (secondary N) is 1. The third-order valence-electron chi connectivity index (χ3n) is 1.91. The van der Waals surface area contributed by atoms with Gasteiger partial charge in [0.1, 0.15) is 5.82 Å². The second-order valence-corrected chi connectivity index (χ2v) is 4.73. The summed E-state index contributed by atoms with van der Waals surface area (Å²) in [5, 5.41) is 3.14. The molecule has 0 radical (unpaired) electrons. The molecule has 6 heteroatoms. The molecule has 4 nitrogen and oxygen atoms in total. The summed E-state index contributed by atoms with van der Waals surface area (Å²) in [6, 6.07) is 1.81. The van der Waals surface area contributed by atoms with Crippen molar-refractivity contribution in [3.63, 3.8) is 0 Å². The maximum Gasteiger partial charge on any atom is 0.198 e. The minimum Gasteiger partial charge on any atom is -0.460 e. The zero-order valence-electron chi connectivity index (χ0n) is 8.50. The Kier molecular flexibility index (Phi) is 3.60. The molecule has 0 saturated carbocycles. The van der Waals surface area contributed by atoms with Crippen molar-refractivity contribution in [3.05, 3.63) is 27.5 Å². The SMILES string of the molecule is CCNc1nc(-c2occc2Br)ncc1Br. The van der Waals surface area contributed by atoms with Crippen LogP contribution in [0.4, 0.5) is 5.82 Å². The van der Waals surface area contributed by atoms with E-state index in [0.29, 0.717) is 11.6 Å². The van der Waals surface area contributed by atoms with Gasteiger partial charge in [0.05, 0.1) is 15.2 Å². The molecule has 84 valence electrons. The molecule has 0 unspecified atom stereocenters. The standard InChI is InChI=1S/C10H9Br2N3O/c1-2-13-9-7(12)5-14-10(15-9)8-6(11)3-4-16-8/h3-5H,2H2,1H3,(H,13,14,15). The molecule has 2 heterocycles. The first-order valence-electron chi connectivity index (χ1n) is 4.72. The summed E-state index contributed by atoms with van der Waals surface area (Å²) in [5.74, 6) is 1.94. The van der Waals surface area contributed by atoms with Crippen molar-refractivity contribution in [1.29, 1.82) is 0 Å². The highest BCUT2D eigenvalue weighted by Crippen LogP contribution is 2.29. The molecule has 1 N–H and O–H groups in total. The maximum atomic E-state index is 5.31. The first kappa shape index (κ1) is 11.6. The van der Waals surface area contributed by atoms with Gasteiger partial charge in [-0.15, -0.1) is 0 Å². The van der Waals surface area contributed by atoms with Gasteiger partial charge in [0.15, 0.2) is 11.6 Å². The van der Waals surface area contributed by atoms with Gasteiger partial charge in [-0.2, -0.15) is 0 Å². The molecule has 16 heavy (non-hydrogen) atoms. The summed E-state index contributed by atoms with van der Waals surface area (Å²) < 4.78 is 6.99. The quantitative estimate of drug-likeness (QED) is 0.920. The molecule has 0 saturated heterocycles. The van der Waals surface area contributed by atoms with E-state index in [1.165, 1.54) is 0 Å². The van der Waals surface area contributed by atoms with Crippen molar-refractivity contribution in [2.45, 2.75) is 6.92 Å². The third-order valence-corrected chi connectivity index (χ3v) is 3.11. The first-order chi connectivity index (χ1) is 7.72. The number of furan rings is 1. The summed E-state index contributed by atoms with van der Waals surface area (Å²) >= 11 is 6.76. The van der Waals surface area contributed by atoms with E-state index in [-0.39, 0.29) is 0 Å². The summed E-state index contributed by atoms with van der Waals surface area (Å²) in [4.78, 5) is 8.58. The molecule has 2 rings (SSSR count). The Morgan fingerprint density at radius 2 is 2.19 bits per heavy atom. The average Bonchev–Trinajstić information content (AvgIpc) is 2.68. The molecule has 0 fully saturated rings. The normalized spacial score (nSPS) is 10.4. The van der Waals surface area contributed by atoms with E-state index >= 15 is 0 Å². The average molecular weight is 347 g/mol. The van der Waals surface area contributed by atoms with Crippen molar-refractivity contribution in [2.75, 3.05) is 11.9 Å². The predicted molar refractivity (Wildman–Crippen MR) is 69.3 cm³/mol. The number of halogens is 2. The molecule has 2 aromatic rings. The van der Waals surface area contributed by atoms with Crippen LogP contribution in [0.2, 0.25) is 0 Å². The summed E-state index contributed by atoms with van der Waals surface area (Å²) in [6.07, 6.45) is 3.30. The third kappa shape index (κ3) is 2.27. The number of nitrogens with zero attached hydrogens (tertiary/aromatic N) is 2. The van der Waals surface area contributed by atoms with Crippen LogP contribution in [0.1, 0.15) is 6.92 Å². The number of rotatable bonds is 3. The van der Waals surface area contributed by atoms with E-state index in [1.807, 2.05) is 13.0 Å². The fourth-order valence-electron chi connectivity index (χ4n) is 1.22. The largest absolute Gasteiger partial charge is 0.460 e. The highest BCUT2D eigenvalue weighted by atomic mass is 79.9. The fraction of sp³-hybridized carbons (Fsp3) is 0.200. The van der Waals surface area contributed by atoms with Crippen LogP contribution in [-0.4, -0.2) is 16.5 Å². The maximum absolute atomic E-state index is 5.31. The van der Waals surface area contributed by atoms with E-state index < -0.39 is 0 Å². The Morgan fingerprint density at radius 1 is 1.38 bits per heavy atom. The summed E-state index contributed by atoms with van der Waals surface area (Å²) in [7, 11) is 0. The van der Waals surface area contributed by atoms with Crippen LogP contribution in [-0.2, 0) is 0 Å². The second kappa shape index (κ2) is 4.97. The van der Waals surface area contributed by atoms with Crippen molar-refractivity contribution in [3.8, 4) is 11.6 Å². The zero-order chi connectivity index (χ0) is 11.5. The van der Waals surface area contributed by atoms with Gasteiger partial charge in [-0.3, -0.25) is 0 Å². The lowest BCUT2D eigenvalue weighted by Crippen LogP contribution is -2.02. The molecule has 0 aliphatic rings. The zero-order valence-corrected chi connectivity index (χ0v) is 11.7. The predicted octanol–water partition coefficient (Wildman–Crippen LogP) is 3.69. The molecule has 0 amide bonds. The van der Waals surface area contributed by atoms with Crippen LogP contribution >= 0.6 is 31.9 Å². The van der Waals surface area contributed by atoms with Gasteiger partial charge in [-0.1, -0.05) is 0 Å². The van der Waals surface area contributed by atoms with Crippen LogP contribution in [0.5, 0.6) is 0 Å². The van der Waals surface area contributed by atoms with E-state index in [4.69, 9.17) is 4.42 Å².